The van der Waals surface area contributed by atoms with E-state index in [9.17, 15) is 4.79 Å². The maximum Gasteiger partial charge on any atom is 0.221 e. The largest absolute Gasteiger partial charge is 0.388 e. The molecule has 19 heavy (non-hydrogen) atoms. The minimum atomic E-state index is -0.0566. The van der Waals surface area contributed by atoms with Gasteiger partial charge in [0.2, 0.25) is 5.91 Å². The lowest BCUT2D eigenvalue weighted by molar-refractivity contribution is -0.114. The van der Waals surface area contributed by atoms with Crippen LogP contribution in [0, 0.1) is 6.92 Å². The van der Waals surface area contributed by atoms with Gasteiger partial charge in [-0.05, 0) is 47.9 Å². The van der Waals surface area contributed by atoms with Crippen molar-refractivity contribution in [1.82, 2.24) is 0 Å². The van der Waals surface area contributed by atoms with Gasteiger partial charge in [0, 0.05) is 25.3 Å². The smallest absolute Gasteiger partial charge is 0.221 e. The van der Waals surface area contributed by atoms with Crippen molar-refractivity contribution in [3.05, 3.63) is 48.0 Å². The van der Waals surface area contributed by atoms with Gasteiger partial charge in [-0.15, -0.1) is 0 Å². The Labute approximate surface area is 113 Å². The van der Waals surface area contributed by atoms with E-state index < -0.39 is 0 Å². The van der Waals surface area contributed by atoms with E-state index in [2.05, 4.69) is 35.8 Å². The molecule has 3 heteroatoms. The highest BCUT2D eigenvalue weighted by molar-refractivity contribution is 5.89. The normalized spacial score (nSPS) is 10.1. The van der Waals surface area contributed by atoms with E-state index >= 15 is 0 Å². The molecule has 0 aromatic heterocycles. The Morgan fingerprint density at radius 3 is 2.42 bits per heavy atom. The van der Waals surface area contributed by atoms with Gasteiger partial charge in [0.25, 0.3) is 0 Å². The molecule has 0 aliphatic rings. The molecule has 3 nitrogen and oxygen atoms in total. The molecule has 0 aliphatic heterocycles. The van der Waals surface area contributed by atoms with Crippen molar-refractivity contribution in [2.75, 3.05) is 17.7 Å². The number of anilines is 2. The highest BCUT2D eigenvalue weighted by Crippen LogP contribution is 2.26. The molecular weight excluding hydrogens is 236 g/mol. The zero-order valence-corrected chi connectivity index (χ0v) is 11.4. The molecule has 1 amide bonds. The van der Waals surface area contributed by atoms with E-state index in [-0.39, 0.29) is 5.91 Å². The molecule has 0 fully saturated rings. The lowest BCUT2D eigenvalue weighted by Crippen LogP contribution is -2.05. The Balaban J connectivity index is 2.36. The number of benzene rings is 2. The molecule has 0 spiro atoms. The van der Waals surface area contributed by atoms with Crippen LogP contribution in [0.5, 0.6) is 0 Å². The third-order valence-corrected chi connectivity index (χ3v) is 3.01. The molecular formula is C16H18N2O. The quantitative estimate of drug-likeness (QED) is 0.877. The van der Waals surface area contributed by atoms with Crippen LogP contribution in [-0.2, 0) is 4.79 Å². The fourth-order valence-corrected chi connectivity index (χ4v) is 2.10. The second kappa shape index (κ2) is 5.57. The first-order valence-corrected chi connectivity index (χ1v) is 6.26. The van der Waals surface area contributed by atoms with Crippen molar-refractivity contribution >= 4 is 17.3 Å². The first-order valence-electron chi connectivity index (χ1n) is 6.26. The van der Waals surface area contributed by atoms with Crippen LogP contribution >= 0.6 is 0 Å². The number of nitrogens with one attached hydrogen (secondary N) is 2. The summed E-state index contributed by atoms with van der Waals surface area (Å²) < 4.78 is 0. The number of carbonyl (C=O) groups is 1. The van der Waals surface area contributed by atoms with Crippen molar-refractivity contribution in [2.24, 2.45) is 0 Å². The summed E-state index contributed by atoms with van der Waals surface area (Å²) in [5.41, 5.74) is 5.38. The van der Waals surface area contributed by atoms with Crippen LogP contribution in [-0.4, -0.2) is 13.0 Å². The summed E-state index contributed by atoms with van der Waals surface area (Å²) in [4.78, 5) is 11.1. The number of rotatable bonds is 3. The van der Waals surface area contributed by atoms with Gasteiger partial charge in [0.15, 0.2) is 0 Å². The molecule has 0 saturated carbocycles. The molecule has 0 atom stereocenters. The third-order valence-electron chi connectivity index (χ3n) is 3.01. The highest BCUT2D eigenvalue weighted by atomic mass is 16.1. The van der Waals surface area contributed by atoms with Crippen LogP contribution in [0.3, 0.4) is 0 Å². The number of carbonyl (C=O) groups excluding carboxylic acids is 1. The molecule has 2 rings (SSSR count). The monoisotopic (exact) mass is 254 g/mol. The average Bonchev–Trinajstić information content (AvgIpc) is 2.38. The lowest BCUT2D eigenvalue weighted by atomic mass is 10.0. The van der Waals surface area contributed by atoms with E-state index in [1.54, 1.807) is 0 Å². The molecule has 2 aromatic rings. The number of aryl methyl sites for hydroxylation is 1. The summed E-state index contributed by atoms with van der Waals surface area (Å²) in [6, 6.07) is 14.1. The van der Waals surface area contributed by atoms with Gasteiger partial charge in [-0.25, -0.2) is 0 Å². The SMILES string of the molecule is CNc1ccc(-c2cccc(NC(C)=O)c2)cc1C. The second-order valence-electron chi connectivity index (χ2n) is 4.54. The van der Waals surface area contributed by atoms with Crippen molar-refractivity contribution < 1.29 is 4.79 Å². The zero-order valence-electron chi connectivity index (χ0n) is 11.4. The molecule has 0 saturated heterocycles. The summed E-state index contributed by atoms with van der Waals surface area (Å²) in [6.45, 7) is 3.59. The Morgan fingerprint density at radius 2 is 1.79 bits per heavy atom. The van der Waals surface area contributed by atoms with Gasteiger partial charge in [-0.2, -0.15) is 0 Å². The lowest BCUT2D eigenvalue weighted by Gasteiger charge is -2.09. The molecule has 0 heterocycles. The summed E-state index contributed by atoms with van der Waals surface area (Å²) in [5.74, 6) is -0.0566. The minimum absolute atomic E-state index is 0.0566. The van der Waals surface area contributed by atoms with Crippen LogP contribution in [0.4, 0.5) is 11.4 Å². The van der Waals surface area contributed by atoms with Crippen molar-refractivity contribution in [3.63, 3.8) is 0 Å². The van der Waals surface area contributed by atoms with Crippen LogP contribution in [0.2, 0.25) is 0 Å². The maximum atomic E-state index is 11.1. The van der Waals surface area contributed by atoms with Crippen LogP contribution in [0.25, 0.3) is 11.1 Å². The zero-order chi connectivity index (χ0) is 13.8. The number of hydrogen-bond donors (Lipinski definition) is 2. The Morgan fingerprint density at radius 1 is 1.05 bits per heavy atom. The molecule has 2 aromatic carbocycles. The van der Waals surface area contributed by atoms with E-state index in [1.807, 2.05) is 31.3 Å². The molecule has 0 unspecified atom stereocenters. The molecule has 0 radical (unpaired) electrons. The summed E-state index contributed by atoms with van der Waals surface area (Å²) >= 11 is 0. The van der Waals surface area contributed by atoms with Crippen LogP contribution in [0.15, 0.2) is 42.5 Å². The summed E-state index contributed by atoms with van der Waals surface area (Å²) in [5, 5.41) is 5.96. The maximum absolute atomic E-state index is 11.1. The highest BCUT2D eigenvalue weighted by Gasteiger charge is 2.03. The summed E-state index contributed by atoms with van der Waals surface area (Å²) in [7, 11) is 1.92. The van der Waals surface area contributed by atoms with Crippen LogP contribution < -0.4 is 10.6 Å². The van der Waals surface area contributed by atoms with Gasteiger partial charge < -0.3 is 10.6 Å². The Bertz CT molecular complexity index is 605. The topological polar surface area (TPSA) is 41.1 Å². The number of amides is 1. The summed E-state index contributed by atoms with van der Waals surface area (Å²) in [6.07, 6.45) is 0. The predicted octanol–water partition coefficient (Wildman–Crippen LogP) is 3.66. The molecule has 2 N–H and O–H groups in total. The molecule has 0 bridgehead atoms. The second-order valence-corrected chi connectivity index (χ2v) is 4.54. The van der Waals surface area contributed by atoms with E-state index in [1.165, 1.54) is 12.5 Å². The minimum Gasteiger partial charge on any atom is -0.388 e. The van der Waals surface area contributed by atoms with Crippen molar-refractivity contribution in [2.45, 2.75) is 13.8 Å². The van der Waals surface area contributed by atoms with E-state index in [0.29, 0.717) is 0 Å². The number of hydrogen-bond acceptors (Lipinski definition) is 2. The Kier molecular flexibility index (Phi) is 3.85. The third kappa shape index (κ3) is 3.13. The van der Waals surface area contributed by atoms with Gasteiger partial charge in [0.1, 0.15) is 0 Å². The van der Waals surface area contributed by atoms with Gasteiger partial charge in [0.05, 0.1) is 0 Å². The molecule has 98 valence electrons. The van der Waals surface area contributed by atoms with Gasteiger partial charge in [-0.3, -0.25) is 4.79 Å². The fraction of sp³-hybridized carbons (Fsp3) is 0.188. The first-order chi connectivity index (χ1) is 9.10. The van der Waals surface area contributed by atoms with E-state index in [0.717, 1.165) is 22.5 Å². The van der Waals surface area contributed by atoms with Crippen molar-refractivity contribution in [3.8, 4) is 11.1 Å². The van der Waals surface area contributed by atoms with E-state index in [4.69, 9.17) is 0 Å². The Hall–Kier alpha value is -2.29. The predicted molar refractivity (Wildman–Crippen MR) is 80.5 cm³/mol. The van der Waals surface area contributed by atoms with Gasteiger partial charge in [-0.1, -0.05) is 18.2 Å². The standard InChI is InChI=1S/C16H18N2O/c1-11-9-14(7-8-16(11)17-3)13-5-4-6-15(10-13)18-12(2)19/h4-10,17H,1-3H3,(H,18,19). The fourth-order valence-electron chi connectivity index (χ4n) is 2.10. The first kappa shape index (κ1) is 13.1. The molecule has 0 aliphatic carbocycles. The average molecular weight is 254 g/mol. The van der Waals surface area contributed by atoms with Crippen molar-refractivity contribution in [1.29, 1.82) is 0 Å². The van der Waals surface area contributed by atoms with Crippen LogP contribution in [0.1, 0.15) is 12.5 Å². The van der Waals surface area contributed by atoms with Gasteiger partial charge >= 0.3 is 0 Å².